The Morgan fingerprint density at radius 3 is 2.29 bits per heavy atom. The predicted molar refractivity (Wildman–Crippen MR) is 90.3 cm³/mol. The highest BCUT2D eigenvalue weighted by Crippen LogP contribution is 2.18. The molecule has 0 aliphatic rings. The summed E-state index contributed by atoms with van der Waals surface area (Å²) in [6.07, 6.45) is 0. The first-order valence-electron chi connectivity index (χ1n) is 7.68. The zero-order valence-corrected chi connectivity index (χ0v) is 15.2. The van der Waals surface area contributed by atoms with Crippen molar-refractivity contribution >= 4 is 21.9 Å². The van der Waals surface area contributed by atoms with Crippen molar-refractivity contribution in [2.75, 3.05) is 19.6 Å². The van der Waals surface area contributed by atoms with Gasteiger partial charge in [0.15, 0.2) is 0 Å². The van der Waals surface area contributed by atoms with Crippen LogP contribution in [0, 0.1) is 5.41 Å². The number of carboxylic acid groups (broad SMARTS) is 1. The first-order valence-corrected chi connectivity index (χ1v) is 9.12. The molecular weight excluding hydrogens is 332 g/mol. The smallest absolute Gasteiger partial charge is 0.310 e. The minimum Gasteiger partial charge on any atom is -0.481 e. The highest BCUT2D eigenvalue weighted by Gasteiger charge is 2.28. The monoisotopic (exact) mass is 356 g/mol. The number of nitrogens with one attached hydrogen (secondary N) is 1. The van der Waals surface area contributed by atoms with Gasteiger partial charge in [0, 0.05) is 25.2 Å². The third-order valence-corrected chi connectivity index (χ3v) is 5.76. The van der Waals surface area contributed by atoms with E-state index in [9.17, 15) is 18.0 Å². The molecule has 0 aliphatic heterocycles. The first kappa shape index (κ1) is 20.1. The maximum atomic E-state index is 12.5. The van der Waals surface area contributed by atoms with Crippen LogP contribution >= 0.6 is 0 Å². The summed E-state index contributed by atoms with van der Waals surface area (Å²) in [6.45, 7) is 7.09. The third-order valence-electron chi connectivity index (χ3n) is 3.71. The maximum Gasteiger partial charge on any atom is 0.310 e. The summed E-state index contributed by atoms with van der Waals surface area (Å²) in [5.41, 5.74) is -0.940. The number of rotatable bonds is 8. The number of carbonyl (C=O) groups excluding carboxylic acids is 1. The Labute approximate surface area is 142 Å². The molecule has 0 aromatic heterocycles. The topological polar surface area (TPSA) is 104 Å². The van der Waals surface area contributed by atoms with Gasteiger partial charge in [-0.2, -0.15) is 4.31 Å². The largest absolute Gasteiger partial charge is 0.481 e. The first-order chi connectivity index (χ1) is 11.1. The molecule has 1 amide bonds. The Hall–Kier alpha value is -1.93. The van der Waals surface area contributed by atoms with Crippen LogP contribution in [0.1, 0.15) is 38.1 Å². The zero-order valence-electron chi connectivity index (χ0n) is 14.4. The van der Waals surface area contributed by atoms with Crippen molar-refractivity contribution in [1.29, 1.82) is 0 Å². The molecule has 7 nitrogen and oxygen atoms in total. The van der Waals surface area contributed by atoms with E-state index >= 15 is 0 Å². The van der Waals surface area contributed by atoms with Crippen molar-refractivity contribution in [2.24, 2.45) is 5.41 Å². The summed E-state index contributed by atoms with van der Waals surface area (Å²) in [4.78, 5) is 23.3. The summed E-state index contributed by atoms with van der Waals surface area (Å²) in [5, 5.41) is 11.6. The fraction of sp³-hybridized carbons (Fsp3) is 0.500. The molecule has 8 heteroatoms. The molecule has 0 aliphatic carbocycles. The molecule has 24 heavy (non-hydrogen) atoms. The Balaban J connectivity index is 3.01. The number of nitrogens with zero attached hydrogens (tertiary/aromatic N) is 1. The van der Waals surface area contributed by atoms with Gasteiger partial charge in [-0.3, -0.25) is 9.59 Å². The normalized spacial score (nSPS) is 12.2. The third kappa shape index (κ3) is 4.55. The number of benzene rings is 1. The van der Waals surface area contributed by atoms with E-state index in [0.29, 0.717) is 13.1 Å². The van der Waals surface area contributed by atoms with Gasteiger partial charge in [-0.1, -0.05) is 19.9 Å². The average Bonchev–Trinajstić information content (AvgIpc) is 2.53. The molecule has 1 aromatic rings. The number of hydrogen-bond donors (Lipinski definition) is 2. The molecule has 0 bridgehead atoms. The minimum atomic E-state index is -3.65. The van der Waals surface area contributed by atoms with E-state index in [2.05, 4.69) is 5.32 Å². The van der Waals surface area contributed by atoms with Crippen molar-refractivity contribution in [1.82, 2.24) is 9.62 Å². The van der Waals surface area contributed by atoms with E-state index in [1.807, 2.05) is 0 Å². The highest BCUT2D eigenvalue weighted by atomic mass is 32.2. The zero-order chi connectivity index (χ0) is 18.5. The summed E-state index contributed by atoms with van der Waals surface area (Å²) >= 11 is 0. The van der Waals surface area contributed by atoms with E-state index in [1.54, 1.807) is 13.8 Å². The van der Waals surface area contributed by atoms with Crippen molar-refractivity contribution < 1.29 is 23.1 Å². The van der Waals surface area contributed by atoms with E-state index in [-0.39, 0.29) is 17.0 Å². The molecule has 0 heterocycles. The van der Waals surface area contributed by atoms with Crippen molar-refractivity contribution in [3.05, 3.63) is 29.8 Å². The molecule has 0 unspecified atom stereocenters. The van der Waals surface area contributed by atoms with Gasteiger partial charge in [0.05, 0.1) is 10.3 Å². The highest BCUT2D eigenvalue weighted by molar-refractivity contribution is 7.89. The molecule has 134 valence electrons. The van der Waals surface area contributed by atoms with E-state index in [1.165, 1.54) is 42.4 Å². The molecule has 2 N–H and O–H groups in total. The Bertz CT molecular complexity index is 709. The van der Waals surface area contributed by atoms with Crippen LogP contribution in [0.3, 0.4) is 0 Å². The molecule has 0 saturated carbocycles. The molecule has 0 atom stereocenters. The van der Waals surface area contributed by atoms with Crippen LogP contribution in [-0.4, -0.2) is 49.3 Å². The van der Waals surface area contributed by atoms with Gasteiger partial charge in [0.2, 0.25) is 10.0 Å². The van der Waals surface area contributed by atoms with Crippen LogP contribution in [0.5, 0.6) is 0 Å². The van der Waals surface area contributed by atoms with Crippen LogP contribution < -0.4 is 5.32 Å². The average molecular weight is 356 g/mol. The standard InChI is InChI=1S/C16H24N2O5S/c1-5-18(6-2)24(22,23)13-9-7-8-12(10-13)14(19)17-11-16(3,4)15(20)21/h7-10H,5-6,11H2,1-4H3,(H,17,19)(H,20,21). The fourth-order valence-electron chi connectivity index (χ4n) is 1.99. The van der Waals surface area contributed by atoms with Gasteiger partial charge in [-0.05, 0) is 32.0 Å². The maximum absolute atomic E-state index is 12.5. The van der Waals surface area contributed by atoms with Crippen LogP contribution in [0.2, 0.25) is 0 Å². The Morgan fingerprint density at radius 2 is 1.79 bits per heavy atom. The van der Waals surface area contributed by atoms with Crippen molar-refractivity contribution in [3.63, 3.8) is 0 Å². The lowest BCUT2D eigenvalue weighted by Crippen LogP contribution is -2.39. The second-order valence-electron chi connectivity index (χ2n) is 5.99. The van der Waals surface area contributed by atoms with Crippen LogP contribution in [0.4, 0.5) is 0 Å². The second kappa shape index (κ2) is 7.76. The summed E-state index contributed by atoms with van der Waals surface area (Å²) in [7, 11) is -3.65. The lowest BCUT2D eigenvalue weighted by Gasteiger charge is -2.20. The van der Waals surface area contributed by atoms with Crippen LogP contribution in [0.15, 0.2) is 29.2 Å². The van der Waals surface area contributed by atoms with E-state index < -0.39 is 27.3 Å². The number of amides is 1. The quantitative estimate of drug-likeness (QED) is 0.735. The number of carboxylic acids is 1. The molecule has 0 saturated heterocycles. The van der Waals surface area contributed by atoms with Crippen LogP contribution in [-0.2, 0) is 14.8 Å². The molecular formula is C16H24N2O5S. The lowest BCUT2D eigenvalue weighted by atomic mass is 9.94. The number of hydrogen-bond acceptors (Lipinski definition) is 4. The summed E-state index contributed by atoms with van der Waals surface area (Å²) in [6, 6.07) is 5.72. The van der Waals surface area contributed by atoms with Crippen LogP contribution in [0.25, 0.3) is 0 Å². The SMILES string of the molecule is CCN(CC)S(=O)(=O)c1cccc(C(=O)NCC(C)(C)C(=O)O)c1. The van der Waals surface area contributed by atoms with Gasteiger partial charge in [-0.15, -0.1) is 0 Å². The van der Waals surface area contributed by atoms with Gasteiger partial charge in [-0.25, -0.2) is 8.42 Å². The number of aliphatic carboxylic acids is 1. The molecule has 0 spiro atoms. The van der Waals surface area contributed by atoms with Gasteiger partial charge in [0.1, 0.15) is 0 Å². The van der Waals surface area contributed by atoms with E-state index in [0.717, 1.165) is 0 Å². The molecule has 0 fully saturated rings. The van der Waals surface area contributed by atoms with Crippen molar-refractivity contribution in [3.8, 4) is 0 Å². The van der Waals surface area contributed by atoms with E-state index in [4.69, 9.17) is 5.11 Å². The fourth-order valence-corrected chi connectivity index (χ4v) is 3.49. The second-order valence-corrected chi connectivity index (χ2v) is 7.93. The number of sulfonamides is 1. The van der Waals surface area contributed by atoms with Gasteiger partial charge in [0.25, 0.3) is 5.91 Å². The number of carbonyl (C=O) groups is 2. The molecule has 1 rings (SSSR count). The van der Waals surface area contributed by atoms with Gasteiger partial charge < -0.3 is 10.4 Å². The Kier molecular flexibility index (Phi) is 6.50. The summed E-state index contributed by atoms with van der Waals surface area (Å²) < 4.78 is 26.3. The lowest BCUT2D eigenvalue weighted by molar-refractivity contribution is -0.146. The molecule has 1 aromatic carbocycles. The molecule has 0 radical (unpaired) electrons. The Morgan fingerprint density at radius 1 is 1.21 bits per heavy atom. The predicted octanol–water partition coefficient (Wildman–Crippen LogP) is 1.56. The minimum absolute atomic E-state index is 0.0383. The van der Waals surface area contributed by atoms with Gasteiger partial charge >= 0.3 is 5.97 Å². The summed E-state index contributed by atoms with van der Waals surface area (Å²) in [5.74, 6) is -1.54. The van der Waals surface area contributed by atoms with Crippen molar-refractivity contribution in [2.45, 2.75) is 32.6 Å².